The minimum atomic E-state index is 0.631. The first kappa shape index (κ1) is 7.08. The molecule has 2 heterocycles. The molecule has 0 fully saturated rings. The quantitative estimate of drug-likeness (QED) is 0.518. The molecule has 0 saturated heterocycles. The van der Waals surface area contributed by atoms with E-state index in [0.29, 0.717) is 6.54 Å². The topological polar surface area (TPSA) is 78.0 Å². The van der Waals surface area contributed by atoms with E-state index < -0.39 is 0 Å². The predicted molar refractivity (Wildman–Crippen MR) is 43.5 cm³/mol. The summed E-state index contributed by atoms with van der Waals surface area (Å²) >= 11 is 0. The summed E-state index contributed by atoms with van der Waals surface area (Å²) in [6.07, 6.45) is 1.49. The molecular weight excluding hydrogens is 156 g/mol. The van der Waals surface area contributed by atoms with Gasteiger partial charge in [-0.05, 0) is 0 Å². The van der Waals surface area contributed by atoms with Crippen LogP contribution in [0.25, 0.3) is 0 Å². The molecule has 0 unspecified atom stereocenters. The molecule has 1 aromatic heterocycles. The largest absolute Gasteiger partial charge is 0.355 e. The molecule has 0 aliphatic carbocycles. The van der Waals surface area contributed by atoms with Crippen LogP contribution in [0.2, 0.25) is 0 Å². The summed E-state index contributed by atoms with van der Waals surface area (Å²) < 4.78 is 0. The van der Waals surface area contributed by atoms with Gasteiger partial charge in [0, 0.05) is 6.54 Å². The third kappa shape index (κ3) is 1.52. The van der Waals surface area contributed by atoms with Gasteiger partial charge in [0.25, 0.3) is 0 Å². The number of nitrogens with one attached hydrogen (secondary N) is 3. The Bertz CT molecular complexity index is 264. The second kappa shape index (κ2) is 3.21. The summed E-state index contributed by atoms with van der Waals surface area (Å²) in [6, 6.07) is 0. The van der Waals surface area contributed by atoms with E-state index in [2.05, 4.69) is 30.8 Å². The molecule has 0 amide bonds. The molecule has 0 bridgehead atoms. The standard InChI is InChI=1S/C6H10N6/c1-2-8-6(7-1)9-3-5-10-4-11-12-5/h4H,1-3H2,(H2,7,8,9)(H,10,11,12). The lowest BCUT2D eigenvalue weighted by molar-refractivity contribution is 0.809. The fourth-order valence-electron chi connectivity index (χ4n) is 1.000. The first-order chi connectivity index (χ1) is 5.95. The zero-order valence-corrected chi connectivity index (χ0v) is 6.54. The SMILES string of the molecule is c1n[nH]c(CNC2=NCCN2)n1. The van der Waals surface area contributed by atoms with Crippen molar-refractivity contribution in [3.8, 4) is 0 Å². The van der Waals surface area contributed by atoms with Gasteiger partial charge < -0.3 is 10.6 Å². The van der Waals surface area contributed by atoms with Crippen molar-refractivity contribution in [3.63, 3.8) is 0 Å². The number of rotatable bonds is 2. The van der Waals surface area contributed by atoms with Gasteiger partial charge in [0.05, 0.1) is 13.1 Å². The molecule has 0 aromatic carbocycles. The van der Waals surface area contributed by atoms with Gasteiger partial charge in [-0.15, -0.1) is 0 Å². The number of hydrogen-bond acceptors (Lipinski definition) is 5. The smallest absolute Gasteiger partial charge is 0.191 e. The first-order valence-electron chi connectivity index (χ1n) is 3.81. The molecule has 0 radical (unpaired) electrons. The second-order valence-electron chi connectivity index (χ2n) is 2.44. The molecule has 64 valence electrons. The summed E-state index contributed by atoms with van der Waals surface area (Å²) in [4.78, 5) is 8.13. The lowest BCUT2D eigenvalue weighted by Crippen LogP contribution is -2.33. The number of guanidine groups is 1. The normalized spacial score (nSPS) is 15.5. The molecule has 1 aromatic rings. The molecule has 0 atom stereocenters. The molecule has 6 nitrogen and oxygen atoms in total. The van der Waals surface area contributed by atoms with E-state index in [1.54, 1.807) is 0 Å². The van der Waals surface area contributed by atoms with Crippen LogP contribution >= 0.6 is 0 Å². The fourth-order valence-corrected chi connectivity index (χ4v) is 1.000. The predicted octanol–water partition coefficient (Wildman–Crippen LogP) is -1.15. The van der Waals surface area contributed by atoms with Crippen LogP contribution in [0.3, 0.4) is 0 Å². The van der Waals surface area contributed by atoms with Crippen molar-refractivity contribution in [2.24, 2.45) is 4.99 Å². The van der Waals surface area contributed by atoms with Crippen LogP contribution < -0.4 is 10.6 Å². The third-order valence-electron chi connectivity index (χ3n) is 1.56. The van der Waals surface area contributed by atoms with Crippen molar-refractivity contribution in [2.45, 2.75) is 6.54 Å². The summed E-state index contributed by atoms with van der Waals surface area (Å²) in [5, 5.41) is 12.7. The Morgan fingerprint density at radius 3 is 3.25 bits per heavy atom. The summed E-state index contributed by atoms with van der Waals surface area (Å²) in [6.45, 7) is 2.39. The van der Waals surface area contributed by atoms with Crippen LogP contribution in [0.5, 0.6) is 0 Å². The maximum Gasteiger partial charge on any atom is 0.191 e. The van der Waals surface area contributed by atoms with Gasteiger partial charge in [-0.3, -0.25) is 10.1 Å². The van der Waals surface area contributed by atoms with E-state index >= 15 is 0 Å². The Morgan fingerprint density at radius 2 is 2.58 bits per heavy atom. The number of aromatic amines is 1. The number of nitrogens with zero attached hydrogens (tertiary/aromatic N) is 3. The van der Waals surface area contributed by atoms with Crippen molar-refractivity contribution in [1.82, 2.24) is 25.8 Å². The minimum absolute atomic E-state index is 0.631. The number of hydrogen-bond donors (Lipinski definition) is 3. The Balaban J connectivity index is 1.82. The van der Waals surface area contributed by atoms with E-state index in [-0.39, 0.29) is 0 Å². The minimum Gasteiger partial charge on any atom is -0.355 e. The number of H-pyrrole nitrogens is 1. The highest BCUT2D eigenvalue weighted by atomic mass is 15.2. The Labute approximate surface area is 69.5 Å². The van der Waals surface area contributed by atoms with Gasteiger partial charge in [-0.2, -0.15) is 5.10 Å². The van der Waals surface area contributed by atoms with E-state index in [9.17, 15) is 0 Å². The lowest BCUT2D eigenvalue weighted by Gasteiger charge is -2.02. The maximum absolute atomic E-state index is 4.17. The molecular formula is C6H10N6. The van der Waals surface area contributed by atoms with Crippen LogP contribution in [0, 0.1) is 0 Å². The average molecular weight is 166 g/mol. The zero-order chi connectivity index (χ0) is 8.23. The molecule has 2 rings (SSSR count). The van der Waals surface area contributed by atoms with Crippen molar-refractivity contribution >= 4 is 5.96 Å². The summed E-state index contributed by atoms with van der Waals surface area (Å²) in [5.74, 6) is 1.65. The number of aliphatic imine (C=N–C) groups is 1. The molecule has 1 aliphatic heterocycles. The van der Waals surface area contributed by atoms with Gasteiger partial charge >= 0.3 is 0 Å². The molecule has 6 heteroatoms. The van der Waals surface area contributed by atoms with E-state index in [1.807, 2.05) is 0 Å². The van der Waals surface area contributed by atoms with Gasteiger partial charge in [0.15, 0.2) is 5.96 Å². The average Bonchev–Trinajstić information content (AvgIpc) is 2.74. The van der Waals surface area contributed by atoms with Crippen molar-refractivity contribution in [3.05, 3.63) is 12.2 Å². The van der Waals surface area contributed by atoms with E-state index in [4.69, 9.17) is 0 Å². The van der Waals surface area contributed by atoms with Crippen molar-refractivity contribution in [1.29, 1.82) is 0 Å². The Hall–Kier alpha value is -1.59. The van der Waals surface area contributed by atoms with Crippen LogP contribution in [-0.2, 0) is 6.54 Å². The molecule has 12 heavy (non-hydrogen) atoms. The first-order valence-corrected chi connectivity index (χ1v) is 3.81. The molecule has 3 N–H and O–H groups in total. The zero-order valence-electron chi connectivity index (χ0n) is 6.54. The monoisotopic (exact) mass is 166 g/mol. The summed E-state index contributed by atoms with van der Waals surface area (Å²) in [5.41, 5.74) is 0. The van der Waals surface area contributed by atoms with Crippen LogP contribution in [0.4, 0.5) is 0 Å². The fraction of sp³-hybridized carbons (Fsp3) is 0.500. The van der Waals surface area contributed by atoms with E-state index in [1.165, 1.54) is 6.33 Å². The highest BCUT2D eigenvalue weighted by molar-refractivity contribution is 5.81. The maximum atomic E-state index is 4.17. The van der Waals surface area contributed by atoms with Crippen LogP contribution in [0.1, 0.15) is 5.82 Å². The Kier molecular flexibility index (Phi) is 1.89. The number of aromatic nitrogens is 3. The second-order valence-corrected chi connectivity index (χ2v) is 2.44. The molecule has 1 aliphatic rings. The van der Waals surface area contributed by atoms with E-state index in [0.717, 1.165) is 24.9 Å². The third-order valence-corrected chi connectivity index (χ3v) is 1.56. The van der Waals surface area contributed by atoms with Gasteiger partial charge in [-0.1, -0.05) is 0 Å². The van der Waals surface area contributed by atoms with Gasteiger partial charge in [-0.25, -0.2) is 4.98 Å². The van der Waals surface area contributed by atoms with Gasteiger partial charge in [0.1, 0.15) is 12.2 Å². The molecule has 0 saturated carbocycles. The van der Waals surface area contributed by atoms with Gasteiger partial charge in [0.2, 0.25) is 0 Å². The Morgan fingerprint density at radius 1 is 1.58 bits per heavy atom. The highest BCUT2D eigenvalue weighted by Crippen LogP contribution is 1.86. The highest BCUT2D eigenvalue weighted by Gasteiger charge is 2.03. The van der Waals surface area contributed by atoms with Crippen LogP contribution in [-0.4, -0.2) is 34.2 Å². The van der Waals surface area contributed by atoms with Crippen LogP contribution in [0.15, 0.2) is 11.3 Å². The molecule has 0 spiro atoms. The lowest BCUT2D eigenvalue weighted by atomic mass is 10.6. The summed E-state index contributed by atoms with van der Waals surface area (Å²) in [7, 11) is 0. The van der Waals surface area contributed by atoms with Crippen molar-refractivity contribution in [2.75, 3.05) is 13.1 Å². The van der Waals surface area contributed by atoms with Crippen molar-refractivity contribution < 1.29 is 0 Å².